The maximum absolute atomic E-state index is 5.65. The summed E-state index contributed by atoms with van der Waals surface area (Å²) < 4.78 is 0. The van der Waals surface area contributed by atoms with Gasteiger partial charge in [0.1, 0.15) is 0 Å². The van der Waals surface area contributed by atoms with Crippen LogP contribution in [0, 0.1) is 0 Å². The molecule has 3 heteroatoms. The van der Waals surface area contributed by atoms with Gasteiger partial charge in [0.25, 0.3) is 0 Å². The van der Waals surface area contributed by atoms with Crippen molar-refractivity contribution in [3.8, 4) is 0 Å². The Morgan fingerprint density at radius 3 is 2.71 bits per heavy atom. The first kappa shape index (κ1) is 9.49. The summed E-state index contributed by atoms with van der Waals surface area (Å²) in [5.41, 5.74) is 7.79. The van der Waals surface area contributed by atoms with E-state index in [0.717, 1.165) is 25.3 Å². The molecule has 3 nitrogen and oxygen atoms in total. The van der Waals surface area contributed by atoms with Gasteiger partial charge in [-0.3, -0.25) is 0 Å². The Hall–Kier alpha value is -1.06. The van der Waals surface area contributed by atoms with E-state index < -0.39 is 0 Å². The summed E-state index contributed by atoms with van der Waals surface area (Å²) in [5, 5.41) is 6.93. The van der Waals surface area contributed by atoms with Gasteiger partial charge in [-0.2, -0.15) is 0 Å². The van der Waals surface area contributed by atoms with E-state index in [1.54, 1.807) is 0 Å². The van der Waals surface area contributed by atoms with Gasteiger partial charge in [0, 0.05) is 18.3 Å². The molecule has 1 heterocycles. The van der Waals surface area contributed by atoms with Gasteiger partial charge in [0.05, 0.1) is 0 Å². The topological polar surface area (TPSA) is 50.1 Å². The van der Waals surface area contributed by atoms with E-state index in [2.05, 4.69) is 22.8 Å². The fourth-order valence-corrected chi connectivity index (χ4v) is 1.77. The Morgan fingerprint density at radius 1 is 1.14 bits per heavy atom. The van der Waals surface area contributed by atoms with Crippen molar-refractivity contribution in [1.29, 1.82) is 0 Å². The van der Waals surface area contributed by atoms with Crippen molar-refractivity contribution in [1.82, 2.24) is 10.6 Å². The maximum Gasteiger partial charge on any atom is 0.0446 e. The van der Waals surface area contributed by atoms with E-state index in [0.29, 0.717) is 6.04 Å². The highest BCUT2D eigenvalue weighted by Crippen LogP contribution is 2.15. The minimum atomic E-state index is 0.429. The van der Waals surface area contributed by atoms with Crippen LogP contribution in [0.4, 0.5) is 5.69 Å². The second kappa shape index (κ2) is 4.44. The molecule has 1 fully saturated rings. The lowest BCUT2D eigenvalue weighted by molar-refractivity contribution is 0.553. The van der Waals surface area contributed by atoms with Crippen molar-refractivity contribution in [2.45, 2.75) is 12.5 Å². The van der Waals surface area contributed by atoms with Crippen LogP contribution in [0.2, 0.25) is 0 Å². The van der Waals surface area contributed by atoms with E-state index in [4.69, 9.17) is 5.73 Å². The fraction of sp³-hybridized carbons (Fsp3) is 0.455. The minimum Gasteiger partial charge on any atom is -0.399 e. The molecule has 4 N–H and O–H groups in total. The molecular weight excluding hydrogens is 174 g/mol. The first-order valence-corrected chi connectivity index (χ1v) is 5.16. The Balaban J connectivity index is 2.08. The van der Waals surface area contributed by atoms with E-state index in [1.807, 2.05) is 12.1 Å². The standard InChI is InChI=1S/C11H17N3/c12-10-4-2-9(3-5-10)11-8-13-6-1-7-14-11/h2-5,11,13-14H,1,6-8,12H2. The van der Waals surface area contributed by atoms with Crippen LogP contribution in [-0.4, -0.2) is 19.6 Å². The number of anilines is 1. The van der Waals surface area contributed by atoms with Gasteiger partial charge >= 0.3 is 0 Å². The highest BCUT2D eigenvalue weighted by Gasteiger charge is 2.12. The van der Waals surface area contributed by atoms with Crippen LogP contribution in [0.5, 0.6) is 0 Å². The number of hydrogen-bond acceptors (Lipinski definition) is 3. The molecule has 1 saturated heterocycles. The minimum absolute atomic E-state index is 0.429. The first-order chi connectivity index (χ1) is 6.86. The number of benzene rings is 1. The lowest BCUT2D eigenvalue weighted by Crippen LogP contribution is -2.27. The van der Waals surface area contributed by atoms with Crippen molar-refractivity contribution in [2.24, 2.45) is 0 Å². The van der Waals surface area contributed by atoms with Crippen molar-refractivity contribution in [3.63, 3.8) is 0 Å². The molecule has 76 valence electrons. The monoisotopic (exact) mass is 191 g/mol. The molecule has 0 aliphatic carbocycles. The van der Waals surface area contributed by atoms with E-state index in [1.165, 1.54) is 12.0 Å². The summed E-state index contributed by atoms with van der Waals surface area (Å²) >= 11 is 0. The molecule has 1 aliphatic heterocycles. The van der Waals surface area contributed by atoms with Crippen molar-refractivity contribution >= 4 is 5.69 Å². The lowest BCUT2D eigenvalue weighted by Gasteiger charge is -2.16. The molecule has 0 amide bonds. The summed E-state index contributed by atoms with van der Waals surface area (Å²) in [7, 11) is 0. The molecule has 2 rings (SSSR count). The van der Waals surface area contributed by atoms with Crippen LogP contribution in [0.25, 0.3) is 0 Å². The van der Waals surface area contributed by atoms with E-state index in [9.17, 15) is 0 Å². The molecule has 1 aliphatic rings. The van der Waals surface area contributed by atoms with Crippen LogP contribution >= 0.6 is 0 Å². The number of rotatable bonds is 1. The van der Waals surface area contributed by atoms with Gasteiger partial charge in [-0.15, -0.1) is 0 Å². The zero-order valence-electron chi connectivity index (χ0n) is 8.29. The third kappa shape index (κ3) is 2.25. The van der Waals surface area contributed by atoms with Gasteiger partial charge in [-0.05, 0) is 37.2 Å². The Labute approximate surface area is 84.7 Å². The zero-order valence-corrected chi connectivity index (χ0v) is 8.29. The Morgan fingerprint density at radius 2 is 1.93 bits per heavy atom. The predicted octanol–water partition coefficient (Wildman–Crippen LogP) is 0.893. The molecule has 0 saturated carbocycles. The number of nitrogen functional groups attached to an aromatic ring is 1. The average molecular weight is 191 g/mol. The fourth-order valence-electron chi connectivity index (χ4n) is 1.77. The third-order valence-electron chi connectivity index (χ3n) is 2.61. The van der Waals surface area contributed by atoms with Gasteiger partial charge in [-0.1, -0.05) is 12.1 Å². The molecule has 1 aromatic carbocycles. The number of nitrogens with two attached hydrogens (primary N) is 1. The van der Waals surface area contributed by atoms with Crippen molar-refractivity contribution < 1.29 is 0 Å². The number of nitrogens with one attached hydrogen (secondary N) is 2. The maximum atomic E-state index is 5.65. The summed E-state index contributed by atoms with van der Waals surface area (Å²) in [6.45, 7) is 3.20. The summed E-state index contributed by atoms with van der Waals surface area (Å²) in [6.07, 6.45) is 1.20. The van der Waals surface area contributed by atoms with Crippen LogP contribution in [0.15, 0.2) is 24.3 Å². The molecule has 1 aromatic rings. The second-order valence-corrected chi connectivity index (χ2v) is 3.73. The first-order valence-electron chi connectivity index (χ1n) is 5.16. The molecule has 0 bridgehead atoms. The van der Waals surface area contributed by atoms with Crippen LogP contribution in [0.1, 0.15) is 18.0 Å². The predicted molar refractivity (Wildman–Crippen MR) is 59.1 cm³/mol. The largest absolute Gasteiger partial charge is 0.399 e. The van der Waals surface area contributed by atoms with E-state index in [-0.39, 0.29) is 0 Å². The smallest absolute Gasteiger partial charge is 0.0446 e. The average Bonchev–Trinajstić information content (AvgIpc) is 2.47. The molecule has 0 spiro atoms. The molecule has 14 heavy (non-hydrogen) atoms. The molecule has 1 unspecified atom stereocenters. The summed E-state index contributed by atoms with van der Waals surface area (Å²) in [6, 6.07) is 8.54. The summed E-state index contributed by atoms with van der Waals surface area (Å²) in [4.78, 5) is 0. The molecular formula is C11H17N3. The van der Waals surface area contributed by atoms with Gasteiger partial charge in [-0.25, -0.2) is 0 Å². The SMILES string of the molecule is Nc1ccc(C2CNCCCN2)cc1. The Bertz CT molecular complexity index is 273. The highest BCUT2D eigenvalue weighted by molar-refractivity contribution is 5.40. The van der Waals surface area contributed by atoms with Crippen LogP contribution < -0.4 is 16.4 Å². The quantitative estimate of drug-likeness (QED) is 0.578. The van der Waals surface area contributed by atoms with Gasteiger partial charge < -0.3 is 16.4 Å². The molecule has 0 aromatic heterocycles. The highest BCUT2D eigenvalue weighted by atomic mass is 15.0. The van der Waals surface area contributed by atoms with Crippen LogP contribution in [0.3, 0.4) is 0 Å². The zero-order chi connectivity index (χ0) is 9.80. The lowest BCUT2D eigenvalue weighted by atomic mass is 10.1. The summed E-state index contributed by atoms with van der Waals surface area (Å²) in [5.74, 6) is 0. The van der Waals surface area contributed by atoms with Crippen LogP contribution in [-0.2, 0) is 0 Å². The number of hydrogen-bond donors (Lipinski definition) is 3. The Kier molecular flexibility index (Phi) is 3.01. The second-order valence-electron chi connectivity index (χ2n) is 3.73. The molecule has 1 atom stereocenters. The van der Waals surface area contributed by atoms with E-state index >= 15 is 0 Å². The van der Waals surface area contributed by atoms with Crippen molar-refractivity contribution in [2.75, 3.05) is 25.4 Å². The third-order valence-corrected chi connectivity index (χ3v) is 2.61. The van der Waals surface area contributed by atoms with Gasteiger partial charge in [0.15, 0.2) is 0 Å². The normalized spacial score (nSPS) is 23.0. The van der Waals surface area contributed by atoms with Crippen molar-refractivity contribution in [3.05, 3.63) is 29.8 Å². The molecule has 0 radical (unpaired) electrons. The van der Waals surface area contributed by atoms with Gasteiger partial charge in [0.2, 0.25) is 0 Å².